The van der Waals surface area contributed by atoms with Crippen molar-refractivity contribution in [3.8, 4) is 11.3 Å². The summed E-state index contributed by atoms with van der Waals surface area (Å²) in [7, 11) is 0. The van der Waals surface area contributed by atoms with Gasteiger partial charge >= 0.3 is 6.09 Å². The van der Waals surface area contributed by atoms with Crippen molar-refractivity contribution < 1.29 is 18.3 Å². The highest BCUT2D eigenvalue weighted by Gasteiger charge is 2.50. The summed E-state index contributed by atoms with van der Waals surface area (Å²) in [5.41, 5.74) is 5.77. The zero-order valence-electron chi connectivity index (χ0n) is 21.0. The van der Waals surface area contributed by atoms with E-state index >= 15 is 4.39 Å². The molecule has 0 aliphatic carbocycles. The molecule has 8 nitrogen and oxygen atoms in total. The number of amides is 1. The number of likely N-dealkylation sites (tertiary alicyclic amines) is 1. The fourth-order valence-electron chi connectivity index (χ4n) is 5.38. The van der Waals surface area contributed by atoms with E-state index in [-0.39, 0.29) is 40.4 Å². The maximum Gasteiger partial charge on any atom is 0.410 e. The van der Waals surface area contributed by atoms with Gasteiger partial charge in [-0.05, 0) is 38.6 Å². The molecule has 4 heterocycles. The van der Waals surface area contributed by atoms with Crippen LogP contribution in [0.1, 0.15) is 27.2 Å². The van der Waals surface area contributed by atoms with Gasteiger partial charge < -0.3 is 20.3 Å². The number of nitrogen functional groups attached to an aromatic ring is 1. The summed E-state index contributed by atoms with van der Waals surface area (Å²) in [5, 5.41) is 1.30. The number of rotatable bonds is 2. The molecule has 0 bridgehead atoms. The Bertz CT molecular complexity index is 1630. The molecule has 2 aliphatic heterocycles. The van der Waals surface area contributed by atoms with E-state index in [4.69, 9.17) is 22.1 Å². The molecular weight excluding hydrogens is 514 g/mol. The molecule has 2 atom stereocenters. The van der Waals surface area contributed by atoms with Crippen LogP contribution in [-0.2, 0) is 4.74 Å². The zero-order chi connectivity index (χ0) is 26.9. The quantitative estimate of drug-likeness (QED) is 0.357. The van der Waals surface area contributed by atoms with Crippen LogP contribution in [0.2, 0.25) is 5.02 Å². The van der Waals surface area contributed by atoms with Crippen LogP contribution < -0.4 is 10.6 Å². The highest BCUT2D eigenvalue weighted by Crippen LogP contribution is 2.41. The summed E-state index contributed by atoms with van der Waals surface area (Å²) in [4.78, 5) is 29.4. The summed E-state index contributed by atoms with van der Waals surface area (Å²) >= 11 is 6.28. The highest BCUT2D eigenvalue weighted by atomic mass is 35.5. The fraction of sp³-hybridized carbons (Fsp3) is 0.333. The van der Waals surface area contributed by atoms with Crippen molar-refractivity contribution in [1.82, 2.24) is 19.9 Å². The first-order chi connectivity index (χ1) is 18.0. The number of fused-ring (bicyclic) bond motifs is 3. The van der Waals surface area contributed by atoms with Crippen LogP contribution in [0.5, 0.6) is 0 Å². The molecule has 0 saturated carbocycles. The van der Waals surface area contributed by atoms with Gasteiger partial charge in [0.25, 0.3) is 0 Å². The Morgan fingerprint density at radius 3 is 2.71 bits per heavy atom. The molecule has 6 rings (SSSR count). The van der Waals surface area contributed by atoms with E-state index in [1.807, 2.05) is 25.7 Å². The van der Waals surface area contributed by atoms with E-state index in [0.29, 0.717) is 47.1 Å². The number of anilines is 2. The molecule has 4 aromatic rings. The molecule has 196 valence electrons. The van der Waals surface area contributed by atoms with Gasteiger partial charge in [-0.1, -0.05) is 35.9 Å². The number of carbonyl (C=O) groups is 1. The molecule has 0 unspecified atom stereocenters. The van der Waals surface area contributed by atoms with Crippen molar-refractivity contribution >= 4 is 51.1 Å². The van der Waals surface area contributed by atoms with Crippen LogP contribution >= 0.6 is 11.6 Å². The predicted molar refractivity (Wildman–Crippen MR) is 142 cm³/mol. The van der Waals surface area contributed by atoms with Gasteiger partial charge in [-0.15, -0.1) is 0 Å². The third-order valence-electron chi connectivity index (χ3n) is 7.07. The van der Waals surface area contributed by atoms with Crippen molar-refractivity contribution in [3.05, 3.63) is 53.2 Å². The monoisotopic (exact) mass is 538 g/mol. The standard InChI is InChI=1S/C27H25ClF2N6O2/c1-27(2,3)38-26(37)35-10-9-17-18(35)12-36(17)24-15-11-32-22(21(30)23(15)33-25(31)34-24)14-6-4-5-13-7-8-16(29)20(28)19(13)14/h4-8,11,17-18H,9-10,12H2,1-3H3,(H2,31,33,34)/t17-,18-/m1/s1. The molecule has 2 N–H and O–H groups in total. The Balaban J connectivity index is 1.39. The Kier molecular flexibility index (Phi) is 5.57. The highest BCUT2D eigenvalue weighted by molar-refractivity contribution is 6.36. The largest absolute Gasteiger partial charge is 0.444 e. The van der Waals surface area contributed by atoms with E-state index in [1.54, 1.807) is 29.2 Å². The second-order valence-corrected chi connectivity index (χ2v) is 11.0. The third-order valence-corrected chi connectivity index (χ3v) is 7.44. The molecule has 2 aliphatic rings. The van der Waals surface area contributed by atoms with Gasteiger partial charge in [-0.3, -0.25) is 4.98 Å². The lowest BCUT2D eigenvalue weighted by atomic mass is 9.96. The predicted octanol–water partition coefficient (Wildman–Crippen LogP) is 5.56. The Labute approximate surface area is 222 Å². The van der Waals surface area contributed by atoms with Crippen LogP contribution in [0.15, 0.2) is 36.5 Å². The van der Waals surface area contributed by atoms with Crippen LogP contribution in [-0.4, -0.2) is 56.7 Å². The number of hydrogen-bond acceptors (Lipinski definition) is 7. The van der Waals surface area contributed by atoms with Crippen molar-refractivity contribution in [3.63, 3.8) is 0 Å². The molecule has 11 heteroatoms. The number of carbonyl (C=O) groups excluding carboxylic acids is 1. The van der Waals surface area contributed by atoms with Crippen LogP contribution in [0, 0.1) is 11.6 Å². The molecule has 0 radical (unpaired) electrons. The summed E-state index contributed by atoms with van der Waals surface area (Å²) < 4.78 is 35.9. The van der Waals surface area contributed by atoms with Gasteiger partial charge in [0.2, 0.25) is 5.95 Å². The number of benzene rings is 2. The number of nitrogens with two attached hydrogens (primary N) is 1. The maximum absolute atomic E-state index is 16.0. The molecule has 0 spiro atoms. The minimum Gasteiger partial charge on any atom is -0.444 e. The van der Waals surface area contributed by atoms with E-state index in [2.05, 4.69) is 15.0 Å². The number of halogens is 3. The molecule has 2 aromatic carbocycles. The topological polar surface area (TPSA) is 97.5 Å². The van der Waals surface area contributed by atoms with Crippen molar-refractivity contribution in [1.29, 1.82) is 0 Å². The average molecular weight is 539 g/mol. The van der Waals surface area contributed by atoms with Gasteiger partial charge in [-0.2, -0.15) is 4.98 Å². The zero-order valence-corrected chi connectivity index (χ0v) is 21.8. The summed E-state index contributed by atoms with van der Waals surface area (Å²) in [6.45, 7) is 6.55. The van der Waals surface area contributed by atoms with Gasteiger partial charge in [0.15, 0.2) is 5.82 Å². The Morgan fingerprint density at radius 2 is 1.95 bits per heavy atom. The normalized spacial score (nSPS) is 19.1. The average Bonchev–Trinajstić information content (AvgIpc) is 3.17. The van der Waals surface area contributed by atoms with E-state index in [9.17, 15) is 9.18 Å². The van der Waals surface area contributed by atoms with Gasteiger partial charge in [-0.25, -0.2) is 18.6 Å². The lowest BCUT2D eigenvalue weighted by Gasteiger charge is -2.47. The molecule has 2 fully saturated rings. The third kappa shape index (κ3) is 3.86. The number of hydrogen-bond donors (Lipinski definition) is 1. The van der Waals surface area contributed by atoms with Crippen molar-refractivity contribution in [2.45, 2.75) is 44.9 Å². The molecule has 38 heavy (non-hydrogen) atoms. The first-order valence-electron chi connectivity index (χ1n) is 12.3. The summed E-state index contributed by atoms with van der Waals surface area (Å²) in [6.07, 6.45) is 1.87. The first kappa shape index (κ1) is 24.5. The lowest BCUT2D eigenvalue weighted by molar-refractivity contribution is 0.0193. The van der Waals surface area contributed by atoms with Crippen molar-refractivity contribution in [2.75, 3.05) is 23.7 Å². The summed E-state index contributed by atoms with van der Waals surface area (Å²) in [5.74, 6) is -0.939. The smallest absolute Gasteiger partial charge is 0.410 e. The van der Waals surface area contributed by atoms with Gasteiger partial charge in [0.1, 0.15) is 28.4 Å². The number of pyridine rings is 1. The van der Waals surface area contributed by atoms with E-state index < -0.39 is 17.2 Å². The van der Waals surface area contributed by atoms with Crippen LogP contribution in [0.4, 0.5) is 25.3 Å². The maximum atomic E-state index is 16.0. The molecule has 2 saturated heterocycles. The minimum atomic E-state index is -0.704. The van der Waals surface area contributed by atoms with E-state index in [1.165, 1.54) is 12.3 Å². The fourth-order valence-corrected chi connectivity index (χ4v) is 5.66. The second-order valence-electron chi connectivity index (χ2n) is 10.6. The molecule has 2 aromatic heterocycles. The molecule has 1 amide bonds. The van der Waals surface area contributed by atoms with Crippen LogP contribution in [0.3, 0.4) is 0 Å². The van der Waals surface area contributed by atoms with Gasteiger partial charge in [0.05, 0.1) is 22.5 Å². The molecular formula is C27H25ClF2N6O2. The number of nitrogens with zero attached hydrogens (tertiary/aromatic N) is 5. The van der Waals surface area contributed by atoms with E-state index in [0.717, 1.165) is 0 Å². The Hall–Kier alpha value is -3.79. The lowest BCUT2D eigenvalue weighted by Crippen LogP contribution is -2.63. The SMILES string of the molecule is CC(C)(C)OC(=O)N1CC[C@@H]2[C@H]1CN2c1nc(N)nc2c(F)c(-c3cccc4ccc(F)c(Cl)c34)ncc12. The Morgan fingerprint density at radius 1 is 1.16 bits per heavy atom. The summed E-state index contributed by atoms with van der Waals surface area (Å²) in [6, 6.07) is 7.94. The number of ether oxygens (including phenoxy) is 1. The van der Waals surface area contributed by atoms with Crippen molar-refractivity contribution in [2.24, 2.45) is 0 Å². The van der Waals surface area contributed by atoms with Gasteiger partial charge in [0, 0.05) is 30.2 Å². The first-order valence-corrected chi connectivity index (χ1v) is 12.7. The minimum absolute atomic E-state index is 0.00692. The second kappa shape index (κ2) is 8.62. The van der Waals surface area contributed by atoms with Crippen LogP contribution in [0.25, 0.3) is 32.9 Å². The number of aromatic nitrogens is 3.